The van der Waals surface area contributed by atoms with Gasteiger partial charge in [0.05, 0.1) is 15.8 Å². The normalized spacial score (nSPS) is 32.3. The zero-order valence-electron chi connectivity index (χ0n) is 17.7. The predicted octanol–water partition coefficient (Wildman–Crippen LogP) is 4.08. The molecule has 0 saturated heterocycles. The van der Waals surface area contributed by atoms with Crippen molar-refractivity contribution in [3.05, 3.63) is 28.2 Å². The molecule has 0 spiro atoms. The van der Waals surface area contributed by atoms with Crippen LogP contribution < -0.4 is 10.5 Å². The maximum atomic E-state index is 13.4. The molecule has 0 heterocycles. The molecular formula is C22H28Cl2N2O4S. The number of hydrogen-bond donors (Lipinski definition) is 2. The Hall–Kier alpha value is -1.15. The lowest BCUT2D eigenvalue weighted by Crippen LogP contribution is -2.58. The van der Waals surface area contributed by atoms with E-state index in [-0.39, 0.29) is 38.5 Å². The van der Waals surface area contributed by atoms with E-state index < -0.39 is 21.0 Å². The summed E-state index contributed by atoms with van der Waals surface area (Å²) < 4.78 is 28.4. The van der Waals surface area contributed by atoms with E-state index in [1.54, 1.807) is 13.8 Å². The van der Waals surface area contributed by atoms with Crippen LogP contribution in [0.25, 0.3) is 0 Å². The van der Waals surface area contributed by atoms with Gasteiger partial charge in [-0.05, 0) is 87.8 Å². The molecule has 3 N–H and O–H groups in total. The Labute approximate surface area is 193 Å². The van der Waals surface area contributed by atoms with Gasteiger partial charge in [-0.3, -0.25) is 9.59 Å². The first-order chi connectivity index (χ1) is 14.2. The molecule has 170 valence electrons. The number of carbonyl (C=O) groups excluding carboxylic acids is 2. The second kappa shape index (κ2) is 7.44. The lowest BCUT2D eigenvalue weighted by atomic mass is 9.43. The number of rotatable bonds is 7. The summed E-state index contributed by atoms with van der Waals surface area (Å²) in [5.41, 5.74) is 3.69. The topological polar surface area (TPSA) is 106 Å². The number of nitrogens with one attached hydrogen (secondary N) is 1. The first-order valence-corrected chi connectivity index (χ1v) is 12.8. The van der Waals surface area contributed by atoms with Gasteiger partial charge in [-0.25, -0.2) is 8.42 Å². The summed E-state index contributed by atoms with van der Waals surface area (Å²) in [6.45, 7) is 3.15. The van der Waals surface area contributed by atoms with Crippen LogP contribution in [0.15, 0.2) is 23.1 Å². The van der Waals surface area contributed by atoms with Gasteiger partial charge in [0.1, 0.15) is 0 Å². The zero-order chi connectivity index (χ0) is 22.8. The van der Waals surface area contributed by atoms with Gasteiger partial charge in [0.25, 0.3) is 0 Å². The zero-order valence-corrected chi connectivity index (χ0v) is 20.0. The highest BCUT2D eigenvalue weighted by atomic mass is 35.5. The van der Waals surface area contributed by atoms with Crippen molar-refractivity contribution in [2.75, 3.05) is 0 Å². The molecule has 1 aromatic carbocycles. The number of sulfonamides is 1. The first-order valence-electron chi connectivity index (χ1n) is 10.6. The van der Waals surface area contributed by atoms with E-state index in [1.165, 1.54) is 18.2 Å². The van der Waals surface area contributed by atoms with Crippen molar-refractivity contribution in [1.29, 1.82) is 0 Å². The van der Waals surface area contributed by atoms with Gasteiger partial charge in [-0.2, -0.15) is 4.72 Å². The number of hydrogen-bond acceptors (Lipinski definition) is 4. The largest absolute Gasteiger partial charge is 0.369 e. The third-order valence-corrected chi connectivity index (χ3v) is 9.55. The lowest BCUT2D eigenvalue weighted by molar-refractivity contribution is -0.158. The summed E-state index contributed by atoms with van der Waals surface area (Å²) in [6, 6.07) is 4.04. The quantitative estimate of drug-likeness (QED) is 0.605. The molecule has 1 amide bonds. The SMILES string of the molecule is CC(C)(NS(=O)(=O)c1cc(Cl)cc(Cl)c1)C(=O)CC12CC3CC(C1)CC(C(N)=O)(C3)C2. The van der Waals surface area contributed by atoms with Crippen LogP contribution in [0.4, 0.5) is 0 Å². The highest BCUT2D eigenvalue weighted by Crippen LogP contribution is 2.66. The maximum Gasteiger partial charge on any atom is 0.241 e. The predicted molar refractivity (Wildman–Crippen MR) is 119 cm³/mol. The molecule has 31 heavy (non-hydrogen) atoms. The van der Waals surface area contributed by atoms with Crippen molar-refractivity contribution in [2.24, 2.45) is 28.4 Å². The third kappa shape index (κ3) is 4.26. The van der Waals surface area contributed by atoms with Crippen molar-refractivity contribution in [3.8, 4) is 0 Å². The lowest BCUT2D eigenvalue weighted by Gasteiger charge is -2.61. The molecule has 6 nitrogen and oxygen atoms in total. The number of primary amides is 1. The molecule has 0 aliphatic heterocycles. The molecule has 4 fully saturated rings. The van der Waals surface area contributed by atoms with E-state index in [2.05, 4.69) is 4.72 Å². The summed E-state index contributed by atoms with van der Waals surface area (Å²) in [7, 11) is -4.01. The van der Waals surface area contributed by atoms with Gasteiger partial charge in [0, 0.05) is 16.5 Å². The molecule has 4 aliphatic rings. The summed E-state index contributed by atoms with van der Waals surface area (Å²) in [4.78, 5) is 25.6. The van der Waals surface area contributed by atoms with Crippen molar-refractivity contribution >= 4 is 44.9 Å². The Morgan fingerprint density at radius 2 is 1.65 bits per heavy atom. The Morgan fingerprint density at radius 1 is 1.10 bits per heavy atom. The van der Waals surface area contributed by atoms with E-state index in [9.17, 15) is 18.0 Å². The highest BCUT2D eigenvalue weighted by Gasteiger charge is 2.60. The second-order valence-electron chi connectivity index (χ2n) is 10.5. The maximum absolute atomic E-state index is 13.4. The Bertz CT molecular complexity index is 1020. The van der Waals surface area contributed by atoms with Crippen LogP contribution in [0, 0.1) is 22.7 Å². The number of benzene rings is 1. The minimum absolute atomic E-state index is 0.0895. The number of carbonyl (C=O) groups is 2. The van der Waals surface area contributed by atoms with Crippen LogP contribution in [0.1, 0.15) is 58.8 Å². The van der Waals surface area contributed by atoms with Crippen LogP contribution in [-0.2, 0) is 19.6 Å². The molecule has 9 heteroatoms. The van der Waals surface area contributed by atoms with Gasteiger partial charge in [0.15, 0.2) is 5.78 Å². The average Bonchev–Trinajstić information content (AvgIpc) is 2.58. The van der Waals surface area contributed by atoms with E-state index in [1.807, 2.05) is 0 Å². The highest BCUT2D eigenvalue weighted by molar-refractivity contribution is 7.89. The van der Waals surface area contributed by atoms with E-state index in [4.69, 9.17) is 28.9 Å². The Kier molecular flexibility index (Phi) is 5.52. The van der Waals surface area contributed by atoms with E-state index in [0.717, 1.165) is 32.1 Å². The summed E-state index contributed by atoms with van der Waals surface area (Å²) in [5.74, 6) is 0.381. The molecule has 5 rings (SSSR count). The monoisotopic (exact) mass is 486 g/mol. The van der Waals surface area contributed by atoms with Crippen LogP contribution >= 0.6 is 23.2 Å². The number of ketones is 1. The second-order valence-corrected chi connectivity index (χ2v) is 13.1. The summed E-state index contributed by atoms with van der Waals surface area (Å²) in [5, 5.41) is 0.393. The molecular weight excluding hydrogens is 459 g/mol. The van der Waals surface area contributed by atoms with Crippen LogP contribution in [0.3, 0.4) is 0 Å². The summed E-state index contributed by atoms with van der Waals surface area (Å²) >= 11 is 11.9. The van der Waals surface area contributed by atoms with Gasteiger partial charge >= 0.3 is 0 Å². The molecule has 1 aromatic rings. The van der Waals surface area contributed by atoms with Gasteiger partial charge in [-0.1, -0.05) is 23.2 Å². The van der Waals surface area contributed by atoms with Crippen molar-refractivity contribution in [1.82, 2.24) is 4.72 Å². The van der Waals surface area contributed by atoms with Gasteiger partial charge < -0.3 is 5.73 Å². The number of amides is 1. The molecule has 0 radical (unpaired) electrons. The van der Waals surface area contributed by atoms with Crippen molar-refractivity contribution in [2.45, 2.75) is 69.2 Å². The smallest absolute Gasteiger partial charge is 0.241 e. The number of Topliss-reactive ketones (excluding diaryl/α,β-unsaturated/α-hetero) is 1. The first kappa shape index (κ1) is 23.0. The minimum Gasteiger partial charge on any atom is -0.369 e. The van der Waals surface area contributed by atoms with E-state index in [0.29, 0.717) is 18.3 Å². The molecule has 4 aliphatic carbocycles. The Morgan fingerprint density at radius 3 is 2.16 bits per heavy atom. The van der Waals surface area contributed by atoms with Crippen molar-refractivity contribution < 1.29 is 18.0 Å². The van der Waals surface area contributed by atoms with Crippen LogP contribution in [0.2, 0.25) is 10.0 Å². The average molecular weight is 487 g/mol. The fraction of sp³-hybridized carbons (Fsp3) is 0.636. The molecule has 2 atom stereocenters. The number of nitrogens with two attached hydrogens (primary N) is 1. The third-order valence-electron chi connectivity index (χ3n) is 7.47. The number of halogens is 2. The van der Waals surface area contributed by atoms with Crippen LogP contribution in [-0.4, -0.2) is 25.6 Å². The Balaban J connectivity index is 1.54. The fourth-order valence-electron chi connectivity index (χ4n) is 6.64. The molecule has 4 bridgehead atoms. The van der Waals surface area contributed by atoms with E-state index >= 15 is 0 Å². The minimum atomic E-state index is -4.01. The summed E-state index contributed by atoms with van der Waals surface area (Å²) in [6.07, 6.45) is 5.40. The van der Waals surface area contributed by atoms with Gasteiger partial charge in [0.2, 0.25) is 15.9 Å². The molecule has 2 unspecified atom stereocenters. The molecule has 0 aromatic heterocycles. The standard InChI is InChI=1S/C22H28Cl2N2O4S/c1-20(2,26-31(29,30)17-5-15(23)4-16(24)6-17)18(27)11-21-7-13-3-14(8-21)10-22(9-13,12-21)19(25)28/h4-6,13-14,26H,3,7-12H2,1-2H3,(H2,25,28). The fourth-order valence-corrected chi connectivity index (χ4v) is 8.77. The molecule has 4 saturated carbocycles. The van der Waals surface area contributed by atoms with Gasteiger partial charge in [-0.15, -0.1) is 0 Å². The van der Waals surface area contributed by atoms with Crippen LogP contribution in [0.5, 0.6) is 0 Å². The van der Waals surface area contributed by atoms with Crippen molar-refractivity contribution in [3.63, 3.8) is 0 Å².